The fourth-order valence-corrected chi connectivity index (χ4v) is 4.52. The van der Waals surface area contributed by atoms with E-state index >= 15 is 0 Å². The summed E-state index contributed by atoms with van der Waals surface area (Å²) in [7, 11) is 1.67. The fraction of sp³-hybridized carbons (Fsp3) is 0.440. The number of piperidine rings is 1. The zero-order valence-electron chi connectivity index (χ0n) is 18.2. The predicted octanol–water partition coefficient (Wildman–Crippen LogP) is 3.78. The number of likely N-dealkylation sites (tertiary alicyclic amines) is 1. The van der Waals surface area contributed by atoms with Crippen molar-refractivity contribution < 1.29 is 14.3 Å². The van der Waals surface area contributed by atoms with E-state index in [1.54, 1.807) is 24.1 Å². The summed E-state index contributed by atoms with van der Waals surface area (Å²) in [5.74, 6) is 0.901. The van der Waals surface area contributed by atoms with Gasteiger partial charge in [0.15, 0.2) is 0 Å². The fourth-order valence-electron chi connectivity index (χ4n) is 4.52. The molecule has 164 valence electrons. The molecule has 0 spiro atoms. The highest BCUT2D eigenvalue weighted by Crippen LogP contribution is 2.26. The first-order chi connectivity index (χ1) is 15.2. The topological polar surface area (TPSA) is 61.9 Å². The second-order valence-corrected chi connectivity index (χ2v) is 8.29. The Bertz CT molecular complexity index is 889. The van der Waals surface area contributed by atoms with E-state index in [0.29, 0.717) is 18.5 Å². The molecule has 2 aromatic carbocycles. The van der Waals surface area contributed by atoms with Gasteiger partial charge in [-0.3, -0.25) is 14.5 Å². The summed E-state index contributed by atoms with van der Waals surface area (Å²) in [6.07, 6.45) is 5.15. The monoisotopic (exact) mass is 421 g/mol. The number of methoxy groups -OCH3 is 1. The minimum Gasteiger partial charge on any atom is -0.497 e. The van der Waals surface area contributed by atoms with Crippen molar-refractivity contribution in [1.29, 1.82) is 0 Å². The Balaban J connectivity index is 1.43. The lowest BCUT2D eigenvalue weighted by atomic mass is 10.0. The average molecular weight is 422 g/mol. The van der Waals surface area contributed by atoms with E-state index in [9.17, 15) is 9.59 Å². The highest BCUT2D eigenvalue weighted by atomic mass is 16.5. The summed E-state index contributed by atoms with van der Waals surface area (Å²) < 4.78 is 5.30. The van der Waals surface area contributed by atoms with Gasteiger partial charge in [-0.1, -0.05) is 18.6 Å². The maximum absolute atomic E-state index is 12.8. The number of ether oxygens (including phenoxy) is 1. The van der Waals surface area contributed by atoms with E-state index < -0.39 is 0 Å². The predicted molar refractivity (Wildman–Crippen MR) is 122 cm³/mol. The van der Waals surface area contributed by atoms with Crippen molar-refractivity contribution >= 4 is 17.5 Å². The van der Waals surface area contributed by atoms with E-state index in [2.05, 4.69) is 22.3 Å². The lowest BCUT2D eigenvalue weighted by molar-refractivity contribution is -0.117. The van der Waals surface area contributed by atoms with Crippen molar-refractivity contribution in [1.82, 2.24) is 10.2 Å². The van der Waals surface area contributed by atoms with Crippen LogP contribution in [0.4, 0.5) is 5.69 Å². The van der Waals surface area contributed by atoms with Crippen LogP contribution in [-0.4, -0.2) is 50.0 Å². The molecule has 31 heavy (non-hydrogen) atoms. The smallest absolute Gasteiger partial charge is 0.251 e. The maximum atomic E-state index is 12.8. The van der Waals surface area contributed by atoms with Crippen LogP contribution < -0.4 is 15.0 Å². The van der Waals surface area contributed by atoms with Gasteiger partial charge in [0.2, 0.25) is 5.91 Å². The van der Waals surface area contributed by atoms with E-state index in [1.807, 2.05) is 24.3 Å². The summed E-state index contributed by atoms with van der Waals surface area (Å²) >= 11 is 0. The molecule has 0 aromatic heterocycles. The Kier molecular flexibility index (Phi) is 6.87. The molecular weight excluding hydrogens is 390 g/mol. The summed E-state index contributed by atoms with van der Waals surface area (Å²) in [5.41, 5.74) is 2.66. The molecule has 6 heteroatoms. The summed E-state index contributed by atoms with van der Waals surface area (Å²) in [4.78, 5) is 29.0. The lowest BCUT2D eigenvalue weighted by Gasteiger charge is -2.35. The van der Waals surface area contributed by atoms with Gasteiger partial charge < -0.3 is 15.0 Å². The second kappa shape index (κ2) is 9.96. The van der Waals surface area contributed by atoms with Crippen LogP contribution in [0.25, 0.3) is 0 Å². The van der Waals surface area contributed by atoms with E-state index in [-0.39, 0.29) is 17.9 Å². The van der Waals surface area contributed by atoms with E-state index in [0.717, 1.165) is 37.5 Å². The zero-order chi connectivity index (χ0) is 21.6. The molecule has 2 heterocycles. The van der Waals surface area contributed by atoms with Crippen LogP contribution in [0.3, 0.4) is 0 Å². The molecule has 4 rings (SSSR count). The number of anilines is 1. The van der Waals surface area contributed by atoms with Gasteiger partial charge in [-0.2, -0.15) is 0 Å². The third kappa shape index (κ3) is 5.07. The molecule has 1 N–H and O–H groups in total. The Morgan fingerprint density at radius 1 is 0.968 bits per heavy atom. The van der Waals surface area contributed by atoms with Crippen molar-refractivity contribution in [2.75, 3.05) is 38.2 Å². The van der Waals surface area contributed by atoms with Gasteiger partial charge in [0.05, 0.1) is 13.2 Å². The first-order valence-electron chi connectivity index (χ1n) is 11.2. The number of nitrogens with zero attached hydrogens (tertiary/aromatic N) is 2. The number of carbonyl (C=O) groups excluding carboxylic acids is 2. The zero-order valence-corrected chi connectivity index (χ0v) is 18.2. The summed E-state index contributed by atoms with van der Waals surface area (Å²) in [6, 6.07) is 15.6. The third-order valence-corrected chi connectivity index (χ3v) is 6.30. The molecule has 0 bridgehead atoms. The molecular formula is C25H31N3O3. The van der Waals surface area contributed by atoms with E-state index in [1.165, 1.54) is 24.8 Å². The SMILES string of the molecule is COc1ccc(C(CNC(=O)c2ccc(N3CCCC3=O)cc2)N2CCCCC2)cc1. The first-order valence-corrected chi connectivity index (χ1v) is 11.2. The molecule has 2 saturated heterocycles. The number of benzene rings is 2. The molecule has 0 radical (unpaired) electrons. The number of carbonyl (C=O) groups is 2. The number of hydrogen-bond acceptors (Lipinski definition) is 4. The average Bonchev–Trinajstić information content (AvgIpc) is 3.26. The molecule has 0 aliphatic carbocycles. The Morgan fingerprint density at radius 2 is 1.68 bits per heavy atom. The summed E-state index contributed by atoms with van der Waals surface area (Å²) in [5, 5.41) is 3.13. The highest BCUT2D eigenvalue weighted by Gasteiger charge is 2.24. The standard InChI is InChI=1S/C25H31N3O3/c1-31-22-13-9-19(10-14-22)23(27-15-3-2-4-16-27)18-26-25(30)20-7-11-21(12-8-20)28-17-5-6-24(28)29/h7-14,23H,2-6,15-18H2,1H3,(H,26,30). The third-order valence-electron chi connectivity index (χ3n) is 6.30. The van der Waals surface area contributed by atoms with Crippen LogP contribution in [0.15, 0.2) is 48.5 Å². The van der Waals surface area contributed by atoms with Gasteiger partial charge in [0.25, 0.3) is 5.91 Å². The molecule has 2 amide bonds. The van der Waals surface area contributed by atoms with Crippen LogP contribution in [0, 0.1) is 0 Å². The van der Waals surface area contributed by atoms with Crippen LogP contribution in [0.2, 0.25) is 0 Å². The van der Waals surface area contributed by atoms with Crippen molar-refractivity contribution in [3.05, 3.63) is 59.7 Å². The molecule has 2 fully saturated rings. The molecule has 0 saturated carbocycles. The number of nitrogens with one attached hydrogen (secondary N) is 1. The van der Waals surface area contributed by atoms with Crippen LogP contribution in [0.5, 0.6) is 5.75 Å². The van der Waals surface area contributed by atoms with Gasteiger partial charge in [-0.25, -0.2) is 0 Å². The lowest BCUT2D eigenvalue weighted by Crippen LogP contribution is -2.40. The van der Waals surface area contributed by atoms with Crippen LogP contribution in [0.1, 0.15) is 54.1 Å². The van der Waals surface area contributed by atoms with Crippen molar-refractivity contribution in [3.8, 4) is 5.75 Å². The normalized spacial score (nSPS) is 18.1. The quantitative estimate of drug-likeness (QED) is 0.739. The minimum atomic E-state index is -0.0881. The van der Waals surface area contributed by atoms with Gasteiger partial charge in [-0.15, -0.1) is 0 Å². The maximum Gasteiger partial charge on any atom is 0.251 e. The Morgan fingerprint density at radius 3 is 2.29 bits per heavy atom. The van der Waals surface area contributed by atoms with Gasteiger partial charge in [-0.05, 0) is 74.3 Å². The van der Waals surface area contributed by atoms with Crippen LogP contribution >= 0.6 is 0 Å². The summed E-state index contributed by atoms with van der Waals surface area (Å²) in [6.45, 7) is 3.40. The molecule has 2 aliphatic rings. The number of amides is 2. The van der Waals surface area contributed by atoms with Gasteiger partial charge >= 0.3 is 0 Å². The molecule has 1 atom stereocenters. The first kappa shape index (κ1) is 21.4. The highest BCUT2D eigenvalue weighted by molar-refractivity contribution is 5.97. The van der Waals surface area contributed by atoms with Crippen LogP contribution in [-0.2, 0) is 4.79 Å². The molecule has 6 nitrogen and oxygen atoms in total. The Hall–Kier alpha value is -2.86. The van der Waals surface area contributed by atoms with E-state index in [4.69, 9.17) is 4.74 Å². The van der Waals surface area contributed by atoms with Crippen molar-refractivity contribution in [3.63, 3.8) is 0 Å². The number of rotatable bonds is 7. The molecule has 2 aliphatic heterocycles. The van der Waals surface area contributed by atoms with Crippen molar-refractivity contribution in [2.45, 2.75) is 38.1 Å². The minimum absolute atomic E-state index is 0.0881. The Labute approximate surface area is 184 Å². The van der Waals surface area contributed by atoms with Crippen molar-refractivity contribution in [2.24, 2.45) is 0 Å². The van der Waals surface area contributed by atoms with Gasteiger partial charge in [0, 0.05) is 30.8 Å². The largest absolute Gasteiger partial charge is 0.497 e. The molecule has 1 unspecified atom stereocenters. The number of hydrogen-bond donors (Lipinski definition) is 1. The second-order valence-electron chi connectivity index (χ2n) is 8.29. The molecule has 2 aromatic rings. The van der Waals surface area contributed by atoms with Gasteiger partial charge in [0.1, 0.15) is 5.75 Å².